The van der Waals surface area contributed by atoms with Crippen LogP contribution in [-0.2, 0) is 7.05 Å². The second-order valence-corrected chi connectivity index (χ2v) is 9.51. The highest BCUT2D eigenvalue weighted by atomic mass is 19.1. The summed E-state index contributed by atoms with van der Waals surface area (Å²) in [7, 11) is 3.89. The first-order valence-electron chi connectivity index (χ1n) is 12.3. The van der Waals surface area contributed by atoms with Crippen LogP contribution in [0.2, 0.25) is 0 Å². The molecule has 0 fully saturated rings. The minimum absolute atomic E-state index is 0.0251. The van der Waals surface area contributed by atoms with Gasteiger partial charge in [0, 0.05) is 67.8 Å². The number of carbonyl (C=O) groups is 1. The summed E-state index contributed by atoms with van der Waals surface area (Å²) < 4.78 is 17.0. The average Bonchev–Trinajstić information content (AvgIpc) is 3.24. The lowest BCUT2D eigenvalue weighted by atomic mass is 9.93. The highest BCUT2D eigenvalue weighted by Gasteiger charge is 2.25. The molecule has 0 spiro atoms. The standard InChI is InChI=1S/C29H30FN5O2/c1-17-13-21(29(36)37)14-24(30)27(17)19-8-11-35(12-9-19)18(2)25-15-23-22(7-10-32-28(23)34(25)4)20-5-6-26(31-3)33-16-20/h5-8,10,13-16,18H,9,11-12H2,1-4H3,(H,31,33)(H,36,37)/t18-/m0/s1. The number of pyridine rings is 2. The fourth-order valence-corrected chi connectivity index (χ4v) is 5.32. The number of benzene rings is 1. The molecule has 8 heteroatoms. The molecule has 1 aliphatic rings. The monoisotopic (exact) mass is 499 g/mol. The maximum Gasteiger partial charge on any atom is 0.335 e. The zero-order chi connectivity index (χ0) is 26.3. The molecule has 0 aliphatic carbocycles. The third-order valence-corrected chi connectivity index (χ3v) is 7.37. The molecular formula is C29H30FN5O2. The highest BCUT2D eigenvalue weighted by Crippen LogP contribution is 2.35. The lowest BCUT2D eigenvalue weighted by Gasteiger charge is -2.32. The van der Waals surface area contributed by atoms with E-state index in [9.17, 15) is 14.3 Å². The van der Waals surface area contributed by atoms with Crippen molar-refractivity contribution in [3.05, 3.63) is 83.1 Å². The summed E-state index contributed by atoms with van der Waals surface area (Å²) in [5.74, 6) is -0.776. The Labute approximate surface area is 215 Å². The molecule has 0 saturated carbocycles. The SMILES string of the molecule is CNc1ccc(-c2ccnc3c2cc([C@H](C)N2CC=C(c4c(C)cc(C(=O)O)cc4F)CC2)n3C)cn1. The van der Waals surface area contributed by atoms with Crippen molar-refractivity contribution in [1.29, 1.82) is 0 Å². The van der Waals surface area contributed by atoms with Gasteiger partial charge >= 0.3 is 5.97 Å². The van der Waals surface area contributed by atoms with Gasteiger partial charge in [0.05, 0.1) is 5.56 Å². The minimum atomic E-state index is -1.12. The van der Waals surface area contributed by atoms with Gasteiger partial charge in [-0.2, -0.15) is 0 Å². The van der Waals surface area contributed by atoms with Crippen molar-refractivity contribution >= 4 is 28.4 Å². The van der Waals surface area contributed by atoms with Gasteiger partial charge in [0.15, 0.2) is 0 Å². The second kappa shape index (κ2) is 9.78. The summed E-state index contributed by atoms with van der Waals surface area (Å²) in [5, 5.41) is 13.3. The first kappa shape index (κ1) is 24.6. The molecular weight excluding hydrogens is 469 g/mol. The molecule has 190 valence electrons. The zero-order valence-corrected chi connectivity index (χ0v) is 21.4. The van der Waals surface area contributed by atoms with Gasteiger partial charge in [0.25, 0.3) is 0 Å². The van der Waals surface area contributed by atoms with E-state index < -0.39 is 11.8 Å². The van der Waals surface area contributed by atoms with Crippen molar-refractivity contribution in [3.8, 4) is 11.1 Å². The fraction of sp³-hybridized carbons (Fsp3) is 0.276. The summed E-state index contributed by atoms with van der Waals surface area (Å²) in [6.07, 6.45) is 6.46. The number of nitrogens with zero attached hydrogens (tertiary/aromatic N) is 4. The van der Waals surface area contributed by atoms with Crippen LogP contribution in [0.4, 0.5) is 10.2 Å². The van der Waals surface area contributed by atoms with Crippen molar-refractivity contribution in [1.82, 2.24) is 19.4 Å². The molecule has 4 heterocycles. The largest absolute Gasteiger partial charge is 0.478 e. The average molecular weight is 500 g/mol. The molecule has 7 nitrogen and oxygen atoms in total. The van der Waals surface area contributed by atoms with Crippen LogP contribution in [0.3, 0.4) is 0 Å². The quantitative estimate of drug-likeness (QED) is 0.356. The number of hydrogen-bond donors (Lipinski definition) is 2. The van der Waals surface area contributed by atoms with Gasteiger partial charge in [-0.25, -0.2) is 19.2 Å². The van der Waals surface area contributed by atoms with Gasteiger partial charge in [0.2, 0.25) is 0 Å². The van der Waals surface area contributed by atoms with Gasteiger partial charge in [-0.3, -0.25) is 4.90 Å². The minimum Gasteiger partial charge on any atom is -0.478 e. The van der Waals surface area contributed by atoms with Gasteiger partial charge in [-0.05, 0) is 73.4 Å². The molecule has 1 atom stereocenters. The Morgan fingerprint density at radius 3 is 2.62 bits per heavy atom. The summed E-state index contributed by atoms with van der Waals surface area (Å²) in [6, 6.07) is 11.0. The number of anilines is 1. The number of carboxylic acids is 1. The molecule has 1 aromatic carbocycles. The molecule has 5 rings (SSSR count). The van der Waals surface area contributed by atoms with Crippen molar-refractivity contribution in [2.45, 2.75) is 26.3 Å². The summed E-state index contributed by atoms with van der Waals surface area (Å²) in [6.45, 7) is 5.39. The van der Waals surface area contributed by atoms with Crippen molar-refractivity contribution in [2.75, 3.05) is 25.5 Å². The van der Waals surface area contributed by atoms with Crippen LogP contribution in [0.1, 0.15) is 46.6 Å². The molecule has 0 bridgehead atoms. The van der Waals surface area contributed by atoms with E-state index >= 15 is 0 Å². The zero-order valence-electron chi connectivity index (χ0n) is 21.4. The van der Waals surface area contributed by atoms with Crippen LogP contribution in [0, 0.1) is 12.7 Å². The van der Waals surface area contributed by atoms with Crippen LogP contribution >= 0.6 is 0 Å². The number of halogens is 1. The van der Waals surface area contributed by atoms with Crippen LogP contribution in [-0.4, -0.2) is 50.6 Å². The van der Waals surface area contributed by atoms with Crippen LogP contribution in [0.25, 0.3) is 27.7 Å². The number of nitrogens with one attached hydrogen (secondary N) is 1. The number of fused-ring (bicyclic) bond motifs is 1. The van der Waals surface area contributed by atoms with Gasteiger partial charge in [0.1, 0.15) is 17.3 Å². The summed E-state index contributed by atoms with van der Waals surface area (Å²) in [4.78, 5) is 22.7. The predicted octanol–water partition coefficient (Wildman–Crippen LogP) is 5.67. The van der Waals surface area contributed by atoms with Crippen molar-refractivity contribution in [3.63, 3.8) is 0 Å². The van der Waals surface area contributed by atoms with E-state index in [-0.39, 0.29) is 11.6 Å². The molecule has 0 radical (unpaired) electrons. The Hall–Kier alpha value is -4.04. The van der Waals surface area contributed by atoms with E-state index in [1.54, 1.807) is 13.0 Å². The Morgan fingerprint density at radius 2 is 2.00 bits per heavy atom. The third-order valence-electron chi connectivity index (χ3n) is 7.37. The third kappa shape index (κ3) is 4.49. The lowest BCUT2D eigenvalue weighted by Crippen LogP contribution is -2.32. The van der Waals surface area contributed by atoms with Crippen molar-refractivity contribution in [2.24, 2.45) is 7.05 Å². The lowest BCUT2D eigenvalue weighted by molar-refractivity contribution is 0.0696. The number of rotatable bonds is 6. The number of hydrogen-bond acceptors (Lipinski definition) is 5. The van der Waals surface area contributed by atoms with Crippen LogP contribution in [0.5, 0.6) is 0 Å². The summed E-state index contributed by atoms with van der Waals surface area (Å²) >= 11 is 0. The van der Waals surface area contributed by atoms with E-state index in [2.05, 4.69) is 49.9 Å². The molecule has 4 aromatic rings. The molecule has 1 aliphatic heterocycles. The van der Waals surface area contributed by atoms with Gasteiger partial charge in [-0.15, -0.1) is 0 Å². The van der Waals surface area contributed by atoms with Gasteiger partial charge < -0.3 is 15.0 Å². The molecule has 37 heavy (non-hydrogen) atoms. The van der Waals surface area contributed by atoms with E-state index in [0.29, 0.717) is 24.1 Å². The van der Waals surface area contributed by atoms with E-state index in [0.717, 1.165) is 51.9 Å². The van der Waals surface area contributed by atoms with E-state index in [1.165, 1.54) is 0 Å². The normalized spacial score (nSPS) is 15.0. The Kier molecular flexibility index (Phi) is 6.52. The van der Waals surface area contributed by atoms with E-state index in [4.69, 9.17) is 0 Å². The molecule has 0 unspecified atom stereocenters. The second-order valence-electron chi connectivity index (χ2n) is 9.51. The Balaban J connectivity index is 1.42. The number of aromatic nitrogens is 3. The summed E-state index contributed by atoms with van der Waals surface area (Å²) in [5.41, 5.74) is 6.26. The number of aryl methyl sites for hydroxylation is 2. The Morgan fingerprint density at radius 1 is 1.19 bits per heavy atom. The first-order valence-corrected chi connectivity index (χ1v) is 12.3. The number of carboxylic acid groups (broad SMARTS) is 1. The number of aromatic carboxylic acids is 1. The molecule has 2 N–H and O–H groups in total. The maximum atomic E-state index is 14.8. The topological polar surface area (TPSA) is 83.3 Å². The molecule has 3 aromatic heterocycles. The van der Waals surface area contributed by atoms with Crippen LogP contribution in [0.15, 0.2) is 54.9 Å². The smallest absolute Gasteiger partial charge is 0.335 e. The first-order chi connectivity index (χ1) is 17.8. The van der Waals surface area contributed by atoms with E-state index in [1.807, 2.05) is 38.6 Å². The van der Waals surface area contributed by atoms with Gasteiger partial charge in [-0.1, -0.05) is 6.08 Å². The predicted molar refractivity (Wildman–Crippen MR) is 144 cm³/mol. The van der Waals surface area contributed by atoms with Crippen molar-refractivity contribution < 1.29 is 14.3 Å². The van der Waals surface area contributed by atoms with Crippen LogP contribution < -0.4 is 5.32 Å². The molecule has 0 saturated heterocycles. The molecule has 0 amide bonds. The fourth-order valence-electron chi connectivity index (χ4n) is 5.32. The Bertz CT molecular complexity index is 1500. The highest BCUT2D eigenvalue weighted by molar-refractivity contribution is 5.94. The maximum absolute atomic E-state index is 14.8.